The lowest BCUT2D eigenvalue weighted by molar-refractivity contribution is -0.870. The molecule has 3 atom stereocenters. The summed E-state index contributed by atoms with van der Waals surface area (Å²) in [5, 5.41) is 13.8. The van der Waals surface area contributed by atoms with Crippen LogP contribution in [0.2, 0.25) is 0 Å². The summed E-state index contributed by atoms with van der Waals surface area (Å²) >= 11 is 0. The van der Waals surface area contributed by atoms with Crippen LogP contribution in [0.4, 0.5) is 0 Å². The Morgan fingerprint density at radius 2 is 0.942 bits per heavy atom. The van der Waals surface area contributed by atoms with Crippen LogP contribution in [-0.2, 0) is 18.4 Å². The second kappa shape index (κ2) is 36.2. The van der Waals surface area contributed by atoms with Gasteiger partial charge in [0.2, 0.25) is 5.91 Å². The van der Waals surface area contributed by atoms with Crippen LogP contribution in [-0.4, -0.2) is 68.5 Å². The lowest BCUT2D eigenvalue weighted by Crippen LogP contribution is -2.46. The maximum atomic E-state index is 12.8. The first kappa shape index (κ1) is 51.5. The minimum Gasteiger partial charge on any atom is -0.756 e. The normalized spacial score (nSPS) is 14.4. The Labute approximate surface area is 323 Å². The number of nitrogens with one attached hydrogen (secondary N) is 1. The van der Waals surface area contributed by atoms with Crippen molar-refractivity contribution in [1.82, 2.24) is 5.32 Å². The largest absolute Gasteiger partial charge is 0.756 e. The van der Waals surface area contributed by atoms with Crippen LogP contribution in [0.5, 0.6) is 0 Å². The first-order chi connectivity index (χ1) is 25.0. The van der Waals surface area contributed by atoms with Gasteiger partial charge in [-0.05, 0) is 12.8 Å². The molecule has 0 heterocycles. The van der Waals surface area contributed by atoms with E-state index < -0.39 is 20.0 Å². The number of amides is 1. The van der Waals surface area contributed by atoms with Crippen LogP contribution >= 0.6 is 7.82 Å². The molecule has 0 spiro atoms. The van der Waals surface area contributed by atoms with Gasteiger partial charge >= 0.3 is 0 Å². The molecule has 3 unspecified atom stereocenters. The molecule has 9 heteroatoms. The van der Waals surface area contributed by atoms with E-state index in [9.17, 15) is 19.4 Å². The number of quaternary nitrogens is 1. The zero-order valence-electron chi connectivity index (χ0n) is 35.3. The lowest BCUT2D eigenvalue weighted by Gasteiger charge is -2.30. The molecule has 0 radical (unpaired) electrons. The van der Waals surface area contributed by atoms with E-state index in [0.717, 1.165) is 38.5 Å². The van der Waals surface area contributed by atoms with Crippen molar-refractivity contribution < 1.29 is 32.9 Å². The van der Waals surface area contributed by atoms with Gasteiger partial charge in [-0.2, -0.15) is 0 Å². The summed E-state index contributed by atoms with van der Waals surface area (Å²) in [5.74, 6) is -0.164. The van der Waals surface area contributed by atoms with Crippen LogP contribution in [0.25, 0.3) is 0 Å². The molecule has 8 nitrogen and oxygen atoms in total. The van der Waals surface area contributed by atoms with Crippen molar-refractivity contribution in [3.05, 3.63) is 0 Å². The van der Waals surface area contributed by atoms with E-state index in [1.54, 1.807) is 0 Å². The van der Waals surface area contributed by atoms with Crippen LogP contribution in [0.15, 0.2) is 0 Å². The van der Waals surface area contributed by atoms with Gasteiger partial charge in [0.25, 0.3) is 7.82 Å². The predicted octanol–water partition coefficient (Wildman–Crippen LogP) is 11.6. The second-order valence-corrected chi connectivity index (χ2v) is 18.2. The first-order valence-electron chi connectivity index (χ1n) is 22.4. The molecule has 0 aliphatic carbocycles. The van der Waals surface area contributed by atoms with Crippen LogP contribution in [0.1, 0.15) is 219 Å². The number of likely N-dealkylation sites (N-methyl/N-ethyl adjacent to an activating group) is 1. The summed E-state index contributed by atoms with van der Waals surface area (Å²) in [6, 6.07) is -0.790. The molecule has 0 aliphatic heterocycles. The van der Waals surface area contributed by atoms with Crippen LogP contribution < -0.4 is 10.2 Å². The molecule has 52 heavy (non-hydrogen) atoms. The molecule has 0 saturated heterocycles. The highest BCUT2D eigenvalue weighted by Gasteiger charge is 2.24. The van der Waals surface area contributed by atoms with Crippen LogP contribution in [0.3, 0.4) is 0 Å². The minimum atomic E-state index is -4.55. The fourth-order valence-electron chi connectivity index (χ4n) is 6.75. The van der Waals surface area contributed by atoms with E-state index in [4.69, 9.17) is 9.05 Å². The summed E-state index contributed by atoms with van der Waals surface area (Å²) in [7, 11) is 1.31. The molecule has 312 valence electrons. The SMILES string of the molecule is CCCCCCCCCCCCCCCCCCCCCCCCCC(=O)NC(COP(=O)([O-])OCC[N+](C)(C)C)C(O)CCCCCCCCC. The van der Waals surface area contributed by atoms with Gasteiger partial charge in [-0.15, -0.1) is 0 Å². The zero-order valence-corrected chi connectivity index (χ0v) is 36.2. The van der Waals surface area contributed by atoms with E-state index in [1.165, 1.54) is 154 Å². The third-order valence-electron chi connectivity index (χ3n) is 10.3. The fraction of sp³-hybridized carbons (Fsp3) is 0.977. The molecule has 1 amide bonds. The lowest BCUT2D eigenvalue weighted by atomic mass is 10.0. The first-order valence-corrected chi connectivity index (χ1v) is 23.8. The number of nitrogens with zero attached hydrogens (tertiary/aromatic N) is 1. The van der Waals surface area contributed by atoms with Gasteiger partial charge in [-0.3, -0.25) is 9.36 Å². The Morgan fingerprint density at radius 1 is 0.596 bits per heavy atom. The zero-order chi connectivity index (χ0) is 38.6. The van der Waals surface area contributed by atoms with Gasteiger partial charge in [-0.1, -0.05) is 200 Å². The fourth-order valence-corrected chi connectivity index (χ4v) is 7.47. The summed E-state index contributed by atoms with van der Waals surface area (Å²) in [6.45, 7) is 4.69. The third-order valence-corrected chi connectivity index (χ3v) is 11.3. The number of aliphatic hydroxyl groups excluding tert-OH is 1. The Hall–Kier alpha value is -0.500. The van der Waals surface area contributed by atoms with E-state index >= 15 is 0 Å². The molecule has 0 fully saturated rings. The molecular weight excluding hydrogens is 671 g/mol. The summed E-state index contributed by atoms with van der Waals surface area (Å²) in [5.41, 5.74) is 0. The highest BCUT2D eigenvalue weighted by molar-refractivity contribution is 7.45. The van der Waals surface area contributed by atoms with Crippen molar-refractivity contribution in [1.29, 1.82) is 0 Å². The van der Waals surface area contributed by atoms with Crippen molar-refractivity contribution in [2.24, 2.45) is 0 Å². The Bertz CT molecular complexity index is 824. The average Bonchev–Trinajstić information content (AvgIpc) is 3.09. The van der Waals surface area contributed by atoms with Crippen molar-refractivity contribution in [3.8, 4) is 0 Å². The number of hydrogen-bond acceptors (Lipinski definition) is 6. The summed E-state index contributed by atoms with van der Waals surface area (Å²) in [4.78, 5) is 25.2. The van der Waals surface area contributed by atoms with Gasteiger partial charge < -0.3 is 28.8 Å². The van der Waals surface area contributed by atoms with Crippen molar-refractivity contribution in [3.63, 3.8) is 0 Å². The molecule has 0 rings (SSSR count). The standard InChI is InChI=1S/C43H89N2O6P/c1-6-8-10-12-14-15-16-17-18-19-20-21-22-23-24-25-26-27-28-29-31-33-35-37-43(47)44-41(42(46)36-34-32-30-13-11-9-7-2)40-51-52(48,49)50-39-38-45(3,4)5/h41-42,46H,6-40H2,1-5H3,(H-,44,47,48,49). The van der Waals surface area contributed by atoms with E-state index in [0.29, 0.717) is 23.9 Å². The molecular formula is C43H89N2O6P. The molecule has 0 saturated carbocycles. The maximum Gasteiger partial charge on any atom is 0.268 e. The number of unbranched alkanes of at least 4 members (excludes halogenated alkanes) is 28. The molecule has 0 aromatic rings. The topological polar surface area (TPSA) is 108 Å². The monoisotopic (exact) mass is 761 g/mol. The van der Waals surface area contributed by atoms with Crippen LogP contribution in [0, 0.1) is 0 Å². The van der Waals surface area contributed by atoms with E-state index in [-0.39, 0.29) is 19.1 Å². The number of carbonyl (C=O) groups excluding carboxylic acids is 1. The van der Waals surface area contributed by atoms with Crippen molar-refractivity contribution in [2.75, 3.05) is 40.9 Å². The smallest absolute Gasteiger partial charge is 0.268 e. The third kappa shape index (κ3) is 37.8. The number of rotatable bonds is 41. The number of phosphoric acid groups is 1. The quantitative estimate of drug-likeness (QED) is 0.0365. The minimum absolute atomic E-state index is 0.0153. The Kier molecular flexibility index (Phi) is 35.8. The van der Waals surface area contributed by atoms with Gasteiger partial charge in [0.05, 0.1) is 39.9 Å². The second-order valence-electron chi connectivity index (χ2n) is 16.8. The van der Waals surface area contributed by atoms with Gasteiger partial charge in [0, 0.05) is 6.42 Å². The highest BCUT2D eigenvalue weighted by atomic mass is 31.2. The van der Waals surface area contributed by atoms with E-state index in [2.05, 4.69) is 19.2 Å². The van der Waals surface area contributed by atoms with E-state index in [1.807, 2.05) is 21.1 Å². The molecule has 0 aromatic carbocycles. The Balaban J connectivity index is 4.04. The predicted molar refractivity (Wildman–Crippen MR) is 219 cm³/mol. The number of hydrogen-bond donors (Lipinski definition) is 2. The van der Waals surface area contributed by atoms with Crippen molar-refractivity contribution >= 4 is 13.7 Å². The maximum absolute atomic E-state index is 12.8. The van der Waals surface area contributed by atoms with Gasteiger partial charge in [0.15, 0.2) is 0 Å². The average molecular weight is 761 g/mol. The highest BCUT2D eigenvalue weighted by Crippen LogP contribution is 2.38. The van der Waals surface area contributed by atoms with Gasteiger partial charge in [0.1, 0.15) is 13.2 Å². The number of aliphatic hydroxyl groups is 1. The summed E-state index contributed by atoms with van der Waals surface area (Å²) in [6.07, 6.45) is 38.5. The molecule has 0 aliphatic rings. The number of phosphoric ester groups is 1. The Morgan fingerprint density at radius 3 is 1.31 bits per heavy atom. The van der Waals surface area contributed by atoms with Gasteiger partial charge in [-0.25, -0.2) is 0 Å². The van der Waals surface area contributed by atoms with Crippen molar-refractivity contribution in [2.45, 2.75) is 231 Å². The molecule has 2 N–H and O–H groups in total. The molecule has 0 bridgehead atoms. The molecule has 0 aromatic heterocycles. The summed E-state index contributed by atoms with van der Waals surface area (Å²) < 4.78 is 23.1. The number of carbonyl (C=O) groups is 1.